The molecule has 28 heavy (non-hydrogen) atoms. The van der Waals surface area contributed by atoms with Gasteiger partial charge < -0.3 is 20.1 Å². The van der Waals surface area contributed by atoms with Gasteiger partial charge in [-0.1, -0.05) is 25.4 Å². The van der Waals surface area contributed by atoms with Crippen molar-refractivity contribution in [3.8, 4) is 11.5 Å². The number of carbonyl (C=O) groups is 2. The maximum Gasteiger partial charge on any atom is 0.312 e. The van der Waals surface area contributed by atoms with Gasteiger partial charge in [-0.2, -0.15) is 0 Å². The number of aromatic nitrogens is 1. The zero-order valence-corrected chi connectivity index (χ0v) is 17.5. The predicted octanol–water partition coefficient (Wildman–Crippen LogP) is 5.91. The van der Waals surface area contributed by atoms with E-state index in [0.717, 1.165) is 10.9 Å². The molecular formula is C20H18BrClN2O4. The van der Waals surface area contributed by atoms with Crippen molar-refractivity contribution < 1.29 is 19.4 Å². The molecule has 0 atom stereocenters. The lowest BCUT2D eigenvalue weighted by Gasteiger charge is -2.13. The quantitative estimate of drug-likeness (QED) is 0.394. The van der Waals surface area contributed by atoms with Crippen LogP contribution >= 0.6 is 27.5 Å². The van der Waals surface area contributed by atoms with E-state index in [2.05, 4.69) is 40.1 Å². The van der Waals surface area contributed by atoms with Crippen LogP contribution in [0.3, 0.4) is 0 Å². The van der Waals surface area contributed by atoms with Gasteiger partial charge in [-0.05, 0) is 57.7 Å². The molecule has 0 radical (unpaired) electrons. The topological polar surface area (TPSA) is 91.4 Å². The number of nitrogens with one attached hydrogen (secondary N) is 2. The van der Waals surface area contributed by atoms with E-state index in [-0.39, 0.29) is 5.02 Å². The van der Waals surface area contributed by atoms with Crippen molar-refractivity contribution in [1.82, 2.24) is 4.98 Å². The van der Waals surface area contributed by atoms with E-state index in [1.807, 2.05) is 24.4 Å². The number of carboxylic acid groups (broad SMARTS) is 1. The lowest BCUT2D eigenvalue weighted by molar-refractivity contribution is -0.139. The number of halogens is 2. The van der Waals surface area contributed by atoms with Crippen LogP contribution in [0.1, 0.15) is 31.7 Å². The molecule has 3 aromatic rings. The summed E-state index contributed by atoms with van der Waals surface area (Å²) >= 11 is 9.72. The highest BCUT2D eigenvalue weighted by Gasteiger charge is 2.15. The highest BCUT2D eigenvalue weighted by molar-refractivity contribution is 9.10. The minimum atomic E-state index is -1.21. The van der Waals surface area contributed by atoms with Gasteiger partial charge in [0.1, 0.15) is 12.2 Å². The van der Waals surface area contributed by atoms with Crippen molar-refractivity contribution in [2.45, 2.75) is 26.2 Å². The first-order valence-corrected chi connectivity index (χ1v) is 9.71. The lowest BCUT2D eigenvalue weighted by Crippen LogP contribution is -2.15. The smallest absolute Gasteiger partial charge is 0.312 e. The van der Waals surface area contributed by atoms with Crippen LogP contribution < -0.4 is 10.1 Å². The Kier molecular flexibility index (Phi) is 5.96. The average molecular weight is 466 g/mol. The molecule has 3 N–H and O–H groups in total. The molecule has 1 aromatic heterocycles. The Morgan fingerprint density at radius 3 is 2.68 bits per heavy atom. The summed E-state index contributed by atoms with van der Waals surface area (Å²) in [7, 11) is 0. The maximum absolute atomic E-state index is 11.6. The van der Waals surface area contributed by atoms with Crippen molar-refractivity contribution in [3.05, 3.63) is 51.6 Å². The Labute approximate surface area is 175 Å². The van der Waals surface area contributed by atoms with E-state index in [0.29, 0.717) is 27.6 Å². The van der Waals surface area contributed by atoms with E-state index in [4.69, 9.17) is 21.4 Å². The SMILES string of the molecule is CC(C)c1c[nH]c2ccc(Oc3c(Cl)cc(NC(=O)CC(=O)O)cc3Br)cc12. The van der Waals surface area contributed by atoms with E-state index >= 15 is 0 Å². The van der Waals surface area contributed by atoms with Gasteiger partial charge in [-0.3, -0.25) is 9.59 Å². The highest BCUT2D eigenvalue weighted by Crippen LogP contribution is 2.40. The standard InChI is InChI=1S/C20H18BrClN2O4/c1-10(2)14-9-23-17-4-3-12(7-13(14)17)28-20-15(21)5-11(6-16(20)22)24-18(25)8-19(26)27/h3-7,9-10,23H,8H2,1-2H3,(H,24,25)(H,26,27). The van der Waals surface area contributed by atoms with Gasteiger partial charge in [0.2, 0.25) is 5.91 Å². The molecule has 2 aromatic carbocycles. The number of aliphatic carboxylic acids is 1. The molecule has 8 heteroatoms. The summed E-state index contributed by atoms with van der Waals surface area (Å²) in [5.74, 6) is -0.446. The van der Waals surface area contributed by atoms with Crippen molar-refractivity contribution in [2.75, 3.05) is 5.32 Å². The summed E-state index contributed by atoms with van der Waals surface area (Å²) in [5.41, 5.74) is 2.60. The molecule has 0 aliphatic rings. The molecule has 6 nitrogen and oxygen atoms in total. The molecular weight excluding hydrogens is 448 g/mol. The monoisotopic (exact) mass is 464 g/mol. The number of H-pyrrole nitrogens is 1. The number of benzene rings is 2. The van der Waals surface area contributed by atoms with Gasteiger partial charge in [-0.25, -0.2) is 0 Å². The van der Waals surface area contributed by atoms with Gasteiger partial charge in [0.15, 0.2) is 5.75 Å². The summed E-state index contributed by atoms with van der Waals surface area (Å²) in [6.07, 6.45) is 1.37. The van der Waals surface area contributed by atoms with Gasteiger partial charge in [-0.15, -0.1) is 0 Å². The Balaban J connectivity index is 1.86. The molecule has 0 spiro atoms. The third-order valence-corrected chi connectivity index (χ3v) is 4.99. The molecule has 0 saturated heterocycles. The molecule has 0 bridgehead atoms. The van der Waals surface area contributed by atoms with Crippen LogP contribution in [-0.2, 0) is 9.59 Å². The van der Waals surface area contributed by atoms with Gasteiger partial charge >= 0.3 is 5.97 Å². The van der Waals surface area contributed by atoms with E-state index in [1.165, 1.54) is 11.6 Å². The van der Waals surface area contributed by atoms with Crippen molar-refractivity contribution in [3.63, 3.8) is 0 Å². The Morgan fingerprint density at radius 2 is 2.04 bits per heavy atom. The fraction of sp³-hybridized carbons (Fsp3) is 0.200. The van der Waals surface area contributed by atoms with Gasteiger partial charge in [0, 0.05) is 22.8 Å². The Morgan fingerprint density at radius 1 is 1.29 bits per heavy atom. The largest absolute Gasteiger partial charge is 0.481 e. The minimum absolute atomic E-state index is 0.276. The first-order chi connectivity index (χ1) is 13.2. The number of amides is 1. The van der Waals surface area contributed by atoms with Crippen molar-refractivity contribution in [2.24, 2.45) is 0 Å². The summed E-state index contributed by atoms with van der Waals surface area (Å²) in [6, 6.07) is 8.85. The summed E-state index contributed by atoms with van der Waals surface area (Å²) in [6.45, 7) is 4.25. The third kappa shape index (κ3) is 4.48. The summed E-state index contributed by atoms with van der Waals surface area (Å²) in [5, 5.41) is 12.5. The number of aromatic amines is 1. The second kappa shape index (κ2) is 8.24. The molecule has 0 fully saturated rings. The number of ether oxygens (including phenoxy) is 1. The molecule has 0 aliphatic carbocycles. The Bertz CT molecular complexity index is 1040. The Hall–Kier alpha value is -2.51. The first kappa shape index (κ1) is 20.2. The molecule has 0 saturated carbocycles. The number of anilines is 1. The number of carboxylic acids is 1. The zero-order valence-electron chi connectivity index (χ0n) is 15.2. The molecule has 1 amide bonds. The third-order valence-electron chi connectivity index (χ3n) is 4.12. The van der Waals surface area contributed by atoms with Crippen LogP contribution in [0.2, 0.25) is 5.02 Å². The van der Waals surface area contributed by atoms with Crippen LogP contribution in [-0.4, -0.2) is 22.0 Å². The number of fused-ring (bicyclic) bond motifs is 1. The molecule has 0 aliphatic heterocycles. The predicted molar refractivity (Wildman–Crippen MR) is 112 cm³/mol. The number of hydrogen-bond donors (Lipinski definition) is 3. The first-order valence-electron chi connectivity index (χ1n) is 8.54. The lowest BCUT2D eigenvalue weighted by atomic mass is 10.0. The van der Waals surface area contributed by atoms with Crippen LogP contribution in [0, 0.1) is 0 Å². The van der Waals surface area contributed by atoms with Crippen LogP contribution in [0.4, 0.5) is 5.69 Å². The summed E-state index contributed by atoms with van der Waals surface area (Å²) in [4.78, 5) is 25.5. The molecule has 1 heterocycles. The highest BCUT2D eigenvalue weighted by atomic mass is 79.9. The van der Waals surface area contributed by atoms with Gasteiger partial charge in [0.25, 0.3) is 0 Å². The van der Waals surface area contributed by atoms with Crippen LogP contribution in [0.25, 0.3) is 10.9 Å². The molecule has 3 rings (SSSR count). The van der Waals surface area contributed by atoms with E-state index < -0.39 is 18.3 Å². The fourth-order valence-electron chi connectivity index (χ4n) is 2.85. The molecule has 146 valence electrons. The van der Waals surface area contributed by atoms with Crippen LogP contribution in [0.5, 0.6) is 11.5 Å². The maximum atomic E-state index is 11.6. The fourth-order valence-corrected chi connectivity index (χ4v) is 3.77. The second-order valence-corrected chi connectivity index (χ2v) is 7.86. The second-order valence-electron chi connectivity index (χ2n) is 6.60. The zero-order chi connectivity index (χ0) is 20.4. The minimum Gasteiger partial charge on any atom is -0.481 e. The van der Waals surface area contributed by atoms with Crippen molar-refractivity contribution >= 4 is 56.0 Å². The number of hydrogen-bond acceptors (Lipinski definition) is 3. The van der Waals surface area contributed by atoms with Crippen molar-refractivity contribution in [1.29, 1.82) is 0 Å². The number of carbonyl (C=O) groups excluding carboxylic acids is 1. The van der Waals surface area contributed by atoms with Gasteiger partial charge in [0.05, 0.1) is 9.50 Å². The average Bonchev–Trinajstić information content (AvgIpc) is 3.00. The number of rotatable bonds is 6. The molecule has 0 unspecified atom stereocenters. The normalized spacial score (nSPS) is 11.0. The van der Waals surface area contributed by atoms with Crippen LogP contribution in [0.15, 0.2) is 41.0 Å². The van der Waals surface area contributed by atoms with E-state index in [1.54, 1.807) is 6.07 Å². The summed E-state index contributed by atoms with van der Waals surface area (Å²) < 4.78 is 6.51. The van der Waals surface area contributed by atoms with E-state index in [9.17, 15) is 9.59 Å².